The van der Waals surface area contributed by atoms with Gasteiger partial charge in [0, 0.05) is 6.07 Å². The Labute approximate surface area is 142 Å². The molecule has 0 radical (unpaired) electrons. The second kappa shape index (κ2) is 5.74. The first-order valence-corrected chi connectivity index (χ1v) is 7.14. The molecule has 3 heterocycles. The molecule has 0 N–H and O–H groups in total. The van der Waals surface area contributed by atoms with Crippen LogP contribution in [-0.2, 0) is 6.18 Å². The molecule has 0 fully saturated rings. The van der Waals surface area contributed by atoms with Gasteiger partial charge in [0.05, 0.1) is 16.3 Å². The predicted molar refractivity (Wildman–Crippen MR) is 79.1 cm³/mol. The van der Waals surface area contributed by atoms with Crippen molar-refractivity contribution in [2.24, 2.45) is 0 Å². The average molecular weight is 383 g/mol. The van der Waals surface area contributed by atoms with Gasteiger partial charge < -0.3 is 4.42 Å². The largest absolute Gasteiger partial charge is 0.463 e. The first kappa shape index (κ1) is 16.2. The molecule has 0 spiro atoms. The molecule has 4 nitrogen and oxygen atoms in total. The van der Waals surface area contributed by atoms with Gasteiger partial charge in [0.1, 0.15) is 10.8 Å². The van der Waals surface area contributed by atoms with Gasteiger partial charge in [-0.15, -0.1) is 0 Å². The predicted octanol–water partition coefficient (Wildman–Crippen LogP) is 5.51. The van der Waals surface area contributed by atoms with Gasteiger partial charge in [0.25, 0.3) is 0 Å². The monoisotopic (exact) mass is 381 g/mol. The summed E-state index contributed by atoms with van der Waals surface area (Å²) in [6, 6.07) is 5.12. The van der Waals surface area contributed by atoms with Crippen molar-refractivity contribution in [3.8, 4) is 17.3 Å². The fourth-order valence-corrected chi connectivity index (χ4v) is 2.44. The summed E-state index contributed by atoms with van der Waals surface area (Å²) in [5.74, 6) is 0.0694. The number of pyridine rings is 1. The van der Waals surface area contributed by atoms with Gasteiger partial charge in [-0.1, -0.05) is 34.8 Å². The fraction of sp³-hybridized carbons (Fsp3) is 0.0769. The molecule has 120 valence electrons. The van der Waals surface area contributed by atoms with E-state index in [1.807, 2.05) is 0 Å². The Morgan fingerprint density at radius 2 is 1.83 bits per heavy atom. The van der Waals surface area contributed by atoms with Crippen LogP contribution in [-0.4, -0.2) is 14.8 Å². The fourth-order valence-electron chi connectivity index (χ4n) is 1.86. The zero-order valence-electron chi connectivity index (χ0n) is 10.9. The number of nitrogens with zero attached hydrogens (tertiary/aromatic N) is 3. The van der Waals surface area contributed by atoms with Crippen LogP contribution in [0, 0.1) is 0 Å². The Kier molecular flexibility index (Phi) is 4.03. The number of alkyl halides is 3. The van der Waals surface area contributed by atoms with Crippen LogP contribution in [0.25, 0.3) is 17.3 Å². The van der Waals surface area contributed by atoms with E-state index in [1.165, 1.54) is 24.5 Å². The van der Waals surface area contributed by atoms with Crippen molar-refractivity contribution in [1.29, 1.82) is 0 Å². The topological polar surface area (TPSA) is 43.9 Å². The zero-order chi connectivity index (χ0) is 16.8. The minimum atomic E-state index is -4.64. The molecule has 23 heavy (non-hydrogen) atoms. The highest BCUT2D eigenvalue weighted by Gasteiger charge is 2.36. The minimum Gasteiger partial charge on any atom is -0.463 e. The van der Waals surface area contributed by atoms with Crippen molar-refractivity contribution >= 4 is 34.8 Å². The van der Waals surface area contributed by atoms with E-state index >= 15 is 0 Å². The van der Waals surface area contributed by atoms with Crippen LogP contribution in [0.5, 0.6) is 0 Å². The number of furan rings is 1. The van der Waals surface area contributed by atoms with Crippen molar-refractivity contribution in [2.45, 2.75) is 6.18 Å². The highest BCUT2D eigenvalue weighted by molar-refractivity contribution is 6.42. The molecular formula is C13H5Cl3F3N3O. The Hall–Kier alpha value is -1.70. The maximum absolute atomic E-state index is 13.0. The van der Waals surface area contributed by atoms with Crippen molar-refractivity contribution in [3.05, 3.63) is 51.4 Å². The van der Waals surface area contributed by atoms with Crippen LogP contribution >= 0.6 is 34.8 Å². The van der Waals surface area contributed by atoms with Crippen molar-refractivity contribution < 1.29 is 17.6 Å². The summed E-state index contributed by atoms with van der Waals surface area (Å²) in [6.45, 7) is 0. The van der Waals surface area contributed by atoms with E-state index in [1.54, 1.807) is 0 Å². The van der Waals surface area contributed by atoms with Gasteiger partial charge in [-0.05, 0) is 18.2 Å². The molecule has 10 heteroatoms. The summed E-state index contributed by atoms with van der Waals surface area (Å²) in [6.07, 6.45) is -3.32. The van der Waals surface area contributed by atoms with Crippen molar-refractivity contribution in [2.75, 3.05) is 0 Å². The number of halogens is 6. The third kappa shape index (κ3) is 3.04. The summed E-state index contributed by atoms with van der Waals surface area (Å²) in [4.78, 5) is 3.90. The van der Waals surface area contributed by atoms with E-state index in [2.05, 4.69) is 10.1 Å². The van der Waals surface area contributed by atoms with Crippen molar-refractivity contribution in [3.63, 3.8) is 0 Å². The second-order valence-corrected chi connectivity index (χ2v) is 5.54. The van der Waals surface area contributed by atoms with E-state index in [4.69, 9.17) is 39.2 Å². The highest BCUT2D eigenvalue weighted by atomic mass is 35.5. The molecule has 0 aromatic carbocycles. The van der Waals surface area contributed by atoms with E-state index in [-0.39, 0.29) is 32.5 Å². The van der Waals surface area contributed by atoms with Gasteiger partial charge in [0.15, 0.2) is 17.3 Å². The molecule has 0 saturated heterocycles. The van der Waals surface area contributed by atoms with Gasteiger partial charge >= 0.3 is 6.18 Å². The number of hydrogen-bond donors (Lipinski definition) is 0. The first-order valence-electron chi connectivity index (χ1n) is 6.00. The summed E-state index contributed by atoms with van der Waals surface area (Å²) in [7, 11) is 0. The van der Waals surface area contributed by atoms with Crippen molar-refractivity contribution in [1.82, 2.24) is 14.8 Å². The molecule has 0 aliphatic heterocycles. The minimum absolute atomic E-state index is 0.0102. The van der Waals surface area contributed by atoms with Crippen LogP contribution < -0.4 is 0 Å². The zero-order valence-corrected chi connectivity index (χ0v) is 13.2. The molecule has 3 rings (SSSR count). The van der Waals surface area contributed by atoms with Gasteiger partial charge in [0.2, 0.25) is 0 Å². The lowest BCUT2D eigenvalue weighted by Gasteiger charge is -2.08. The Bertz CT molecular complexity index is 859. The van der Waals surface area contributed by atoms with Crippen LogP contribution in [0.1, 0.15) is 5.69 Å². The molecule has 3 aromatic heterocycles. The van der Waals surface area contributed by atoms with E-state index in [0.29, 0.717) is 0 Å². The number of rotatable bonds is 2. The van der Waals surface area contributed by atoms with Crippen LogP contribution in [0.15, 0.2) is 34.9 Å². The van der Waals surface area contributed by atoms with Gasteiger partial charge in [-0.25, -0.2) is 9.67 Å². The second-order valence-electron chi connectivity index (χ2n) is 4.37. The van der Waals surface area contributed by atoms with Crippen LogP contribution in [0.2, 0.25) is 15.2 Å². The molecule has 0 saturated carbocycles. The molecule has 0 bridgehead atoms. The number of aromatic nitrogens is 3. The summed E-state index contributed by atoms with van der Waals surface area (Å²) >= 11 is 17.6. The molecule has 0 unspecified atom stereocenters. The highest BCUT2D eigenvalue weighted by Crippen LogP contribution is 2.35. The summed E-state index contributed by atoms with van der Waals surface area (Å²) in [5.41, 5.74) is -1.09. The SMILES string of the molecule is FC(F)(F)c1cc(-c2ccco2)n(-c2nc(Cl)c(Cl)cc2Cl)n1. The summed E-state index contributed by atoms with van der Waals surface area (Å²) in [5, 5.41) is 3.47. The molecule has 0 atom stereocenters. The lowest BCUT2D eigenvalue weighted by molar-refractivity contribution is -0.141. The Balaban J connectivity index is 2.26. The third-order valence-corrected chi connectivity index (χ3v) is 3.79. The molecule has 3 aromatic rings. The average Bonchev–Trinajstić information content (AvgIpc) is 3.10. The number of hydrogen-bond acceptors (Lipinski definition) is 3. The van der Waals surface area contributed by atoms with E-state index in [9.17, 15) is 13.2 Å². The van der Waals surface area contributed by atoms with Crippen LogP contribution in [0.4, 0.5) is 13.2 Å². The maximum atomic E-state index is 13.0. The lowest BCUT2D eigenvalue weighted by atomic mass is 10.3. The molecule has 0 amide bonds. The first-order chi connectivity index (χ1) is 10.8. The maximum Gasteiger partial charge on any atom is 0.435 e. The van der Waals surface area contributed by atoms with E-state index in [0.717, 1.165) is 10.7 Å². The van der Waals surface area contributed by atoms with Gasteiger partial charge in [-0.2, -0.15) is 18.3 Å². The quantitative estimate of drug-likeness (QED) is 0.549. The third-order valence-electron chi connectivity index (χ3n) is 2.84. The standard InChI is InChI=1S/C13H5Cl3F3N3O/c14-6-4-7(15)12(20-11(6)16)22-8(9-2-1-3-23-9)5-10(21-22)13(17,18)19/h1-5H. The van der Waals surface area contributed by atoms with Crippen LogP contribution in [0.3, 0.4) is 0 Å². The van der Waals surface area contributed by atoms with Gasteiger partial charge in [-0.3, -0.25) is 0 Å². The normalized spacial score (nSPS) is 11.9. The summed E-state index contributed by atoms with van der Waals surface area (Å²) < 4.78 is 45.0. The van der Waals surface area contributed by atoms with E-state index < -0.39 is 11.9 Å². The lowest BCUT2D eigenvalue weighted by Crippen LogP contribution is -2.08. The Morgan fingerprint density at radius 1 is 1.09 bits per heavy atom. The molecule has 0 aliphatic carbocycles. The Morgan fingerprint density at radius 3 is 2.43 bits per heavy atom. The molecule has 0 aliphatic rings. The molecular weight excluding hydrogens is 378 g/mol. The smallest absolute Gasteiger partial charge is 0.435 e.